The molecule has 2 saturated heterocycles. The summed E-state index contributed by atoms with van der Waals surface area (Å²) in [4.78, 5) is 2.64. The number of rotatable bonds is 2. The SMILES string of the molecule is CC1CCCN(C2(CN)CCCOC2)C1C. The first-order valence-corrected chi connectivity index (χ1v) is 6.74. The summed E-state index contributed by atoms with van der Waals surface area (Å²) in [6.45, 7) is 8.41. The van der Waals surface area contributed by atoms with Crippen molar-refractivity contribution in [1.82, 2.24) is 4.90 Å². The van der Waals surface area contributed by atoms with Crippen molar-refractivity contribution in [3.05, 3.63) is 0 Å². The molecule has 3 atom stereocenters. The van der Waals surface area contributed by atoms with Crippen LogP contribution in [0.3, 0.4) is 0 Å². The van der Waals surface area contributed by atoms with Crippen molar-refractivity contribution in [3.63, 3.8) is 0 Å². The van der Waals surface area contributed by atoms with Crippen LogP contribution in [0.25, 0.3) is 0 Å². The molecule has 0 spiro atoms. The van der Waals surface area contributed by atoms with Crippen LogP contribution >= 0.6 is 0 Å². The van der Waals surface area contributed by atoms with E-state index in [4.69, 9.17) is 10.5 Å². The molecule has 0 saturated carbocycles. The summed E-state index contributed by atoms with van der Waals surface area (Å²) in [7, 11) is 0. The van der Waals surface area contributed by atoms with Gasteiger partial charge in [0.2, 0.25) is 0 Å². The molecule has 3 heteroatoms. The summed E-state index contributed by atoms with van der Waals surface area (Å²) in [5.74, 6) is 0.791. The van der Waals surface area contributed by atoms with Crippen LogP contribution in [0.2, 0.25) is 0 Å². The molecule has 2 rings (SSSR count). The second kappa shape index (κ2) is 5.03. The van der Waals surface area contributed by atoms with E-state index in [0.717, 1.165) is 32.1 Å². The van der Waals surface area contributed by atoms with Crippen molar-refractivity contribution in [1.29, 1.82) is 0 Å². The normalized spacial score (nSPS) is 42.2. The van der Waals surface area contributed by atoms with E-state index in [2.05, 4.69) is 18.7 Å². The Balaban J connectivity index is 2.12. The molecule has 0 aliphatic carbocycles. The number of hydrogen-bond acceptors (Lipinski definition) is 3. The van der Waals surface area contributed by atoms with E-state index in [1.54, 1.807) is 0 Å². The molecule has 16 heavy (non-hydrogen) atoms. The highest BCUT2D eigenvalue weighted by atomic mass is 16.5. The molecule has 0 aromatic rings. The fraction of sp³-hybridized carbons (Fsp3) is 1.00. The Morgan fingerprint density at radius 1 is 1.38 bits per heavy atom. The third-order valence-electron chi connectivity index (χ3n) is 4.66. The summed E-state index contributed by atoms with van der Waals surface area (Å²) < 4.78 is 5.69. The largest absolute Gasteiger partial charge is 0.379 e. The van der Waals surface area contributed by atoms with Crippen molar-refractivity contribution in [2.45, 2.75) is 51.1 Å². The highest BCUT2D eigenvalue weighted by Crippen LogP contribution is 2.33. The lowest BCUT2D eigenvalue weighted by Gasteiger charge is -2.52. The maximum atomic E-state index is 6.06. The average molecular weight is 226 g/mol. The summed E-state index contributed by atoms with van der Waals surface area (Å²) in [5.41, 5.74) is 6.19. The van der Waals surface area contributed by atoms with Gasteiger partial charge in [0, 0.05) is 19.2 Å². The zero-order valence-corrected chi connectivity index (χ0v) is 10.7. The number of piperidine rings is 1. The number of nitrogens with zero attached hydrogens (tertiary/aromatic N) is 1. The lowest BCUT2D eigenvalue weighted by Crippen LogP contribution is -2.63. The molecule has 0 amide bonds. The first kappa shape index (κ1) is 12.3. The van der Waals surface area contributed by atoms with Gasteiger partial charge in [0.1, 0.15) is 0 Å². The summed E-state index contributed by atoms with van der Waals surface area (Å²) in [6, 6.07) is 0.652. The van der Waals surface area contributed by atoms with E-state index in [-0.39, 0.29) is 5.54 Å². The molecule has 0 aromatic heterocycles. The molecule has 2 heterocycles. The molecule has 0 aromatic carbocycles. The zero-order valence-electron chi connectivity index (χ0n) is 10.7. The standard InChI is InChI=1S/C13H26N2O/c1-11-5-3-7-15(12(11)2)13(9-14)6-4-8-16-10-13/h11-12H,3-10,14H2,1-2H3. The minimum atomic E-state index is 0.131. The van der Waals surface area contributed by atoms with E-state index in [1.807, 2.05) is 0 Å². The van der Waals surface area contributed by atoms with Gasteiger partial charge in [-0.05, 0) is 45.1 Å². The second-order valence-electron chi connectivity index (χ2n) is 5.64. The molecule has 0 radical (unpaired) electrons. The molecule has 94 valence electrons. The highest BCUT2D eigenvalue weighted by Gasteiger charge is 2.42. The van der Waals surface area contributed by atoms with Crippen molar-refractivity contribution in [2.24, 2.45) is 11.7 Å². The van der Waals surface area contributed by atoms with Crippen LogP contribution in [0.15, 0.2) is 0 Å². The van der Waals surface area contributed by atoms with Gasteiger partial charge < -0.3 is 10.5 Å². The van der Waals surface area contributed by atoms with Crippen molar-refractivity contribution in [3.8, 4) is 0 Å². The van der Waals surface area contributed by atoms with Crippen LogP contribution in [-0.2, 0) is 4.74 Å². The van der Waals surface area contributed by atoms with E-state index in [0.29, 0.717) is 6.04 Å². The van der Waals surface area contributed by atoms with E-state index < -0.39 is 0 Å². The molecule has 3 nitrogen and oxygen atoms in total. The fourth-order valence-electron chi connectivity index (χ4n) is 3.35. The highest BCUT2D eigenvalue weighted by molar-refractivity contribution is 4.98. The Hall–Kier alpha value is -0.120. The third kappa shape index (κ3) is 2.13. The van der Waals surface area contributed by atoms with Crippen LogP contribution in [-0.4, -0.2) is 42.8 Å². The molecule has 0 bridgehead atoms. The molecule has 3 unspecified atom stereocenters. The summed E-state index contributed by atoms with van der Waals surface area (Å²) in [5, 5.41) is 0. The molecule has 2 aliphatic heterocycles. The number of likely N-dealkylation sites (tertiary alicyclic amines) is 1. The van der Waals surface area contributed by atoms with Crippen LogP contribution in [0.5, 0.6) is 0 Å². The van der Waals surface area contributed by atoms with Gasteiger partial charge in [-0.1, -0.05) is 6.92 Å². The summed E-state index contributed by atoms with van der Waals surface area (Å²) in [6.07, 6.45) is 5.04. The van der Waals surface area contributed by atoms with Gasteiger partial charge in [-0.25, -0.2) is 0 Å². The predicted octanol–water partition coefficient (Wildman–Crippen LogP) is 1.61. The van der Waals surface area contributed by atoms with E-state index >= 15 is 0 Å². The third-order valence-corrected chi connectivity index (χ3v) is 4.66. The van der Waals surface area contributed by atoms with E-state index in [9.17, 15) is 0 Å². The van der Waals surface area contributed by atoms with Gasteiger partial charge in [-0.15, -0.1) is 0 Å². The summed E-state index contributed by atoms with van der Waals surface area (Å²) >= 11 is 0. The van der Waals surface area contributed by atoms with Gasteiger partial charge in [0.15, 0.2) is 0 Å². The van der Waals surface area contributed by atoms with Crippen molar-refractivity contribution in [2.75, 3.05) is 26.3 Å². The first-order chi connectivity index (χ1) is 7.69. The van der Waals surface area contributed by atoms with Crippen molar-refractivity contribution >= 4 is 0 Å². The first-order valence-electron chi connectivity index (χ1n) is 6.74. The quantitative estimate of drug-likeness (QED) is 0.777. The molecule has 2 aliphatic rings. The predicted molar refractivity (Wildman–Crippen MR) is 66.4 cm³/mol. The molecule has 2 N–H and O–H groups in total. The van der Waals surface area contributed by atoms with Crippen molar-refractivity contribution < 1.29 is 4.74 Å². The van der Waals surface area contributed by atoms with E-state index in [1.165, 1.54) is 25.8 Å². The Bertz CT molecular complexity index is 226. The second-order valence-corrected chi connectivity index (χ2v) is 5.64. The van der Waals surface area contributed by atoms with Gasteiger partial charge in [0.25, 0.3) is 0 Å². The molecular formula is C13H26N2O. The van der Waals surface area contributed by atoms with Gasteiger partial charge in [-0.3, -0.25) is 4.90 Å². The van der Waals surface area contributed by atoms with Gasteiger partial charge in [-0.2, -0.15) is 0 Å². The Labute approximate surface area is 99.3 Å². The van der Waals surface area contributed by atoms with Crippen LogP contribution in [0, 0.1) is 5.92 Å². The molecular weight excluding hydrogens is 200 g/mol. The minimum absolute atomic E-state index is 0.131. The topological polar surface area (TPSA) is 38.5 Å². The molecule has 2 fully saturated rings. The number of hydrogen-bond donors (Lipinski definition) is 1. The zero-order chi connectivity index (χ0) is 11.6. The maximum absolute atomic E-state index is 6.06. The van der Waals surface area contributed by atoms with Gasteiger partial charge >= 0.3 is 0 Å². The lowest BCUT2D eigenvalue weighted by atomic mass is 9.83. The fourth-order valence-corrected chi connectivity index (χ4v) is 3.35. The lowest BCUT2D eigenvalue weighted by molar-refractivity contribution is -0.0802. The average Bonchev–Trinajstić information content (AvgIpc) is 2.33. The van der Waals surface area contributed by atoms with Crippen LogP contribution < -0.4 is 5.73 Å². The maximum Gasteiger partial charge on any atom is 0.0662 e. The Kier molecular flexibility index (Phi) is 3.88. The number of ether oxygens (including phenoxy) is 1. The van der Waals surface area contributed by atoms with Crippen LogP contribution in [0.1, 0.15) is 39.5 Å². The monoisotopic (exact) mass is 226 g/mol. The Morgan fingerprint density at radius 3 is 2.81 bits per heavy atom. The van der Waals surface area contributed by atoms with Crippen LogP contribution in [0.4, 0.5) is 0 Å². The smallest absolute Gasteiger partial charge is 0.0662 e. The Morgan fingerprint density at radius 2 is 2.19 bits per heavy atom. The van der Waals surface area contributed by atoms with Gasteiger partial charge in [0.05, 0.1) is 12.1 Å². The minimum Gasteiger partial charge on any atom is -0.379 e. The number of nitrogens with two attached hydrogens (primary N) is 1.